The Labute approximate surface area is 186 Å². The first-order valence-electron chi connectivity index (χ1n) is 11.3. The predicted molar refractivity (Wildman–Crippen MR) is 114 cm³/mol. The smallest absolute Gasteiger partial charge is 0.257 e. The lowest BCUT2D eigenvalue weighted by Crippen LogP contribution is -2.51. The number of carbonyl (C=O) groups is 2. The molecule has 0 radical (unpaired) electrons. The molecule has 32 heavy (non-hydrogen) atoms. The second-order valence-corrected chi connectivity index (χ2v) is 8.84. The van der Waals surface area contributed by atoms with E-state index in [9.17, 15) is 18.4 Å². The molecule has 3 aliphatic heterocycles. The average Bonchev–Trinajstić information content (AvgIpc) is 3.32. The fraction of sp³-hybridized carbons (Fsp3) is 0.440. The van der Waals surface area contributed by atoms with Gasteiger partial charge in [-0.1, -0.05) is 31.2 Å². The number of hydrogen-bond acceptors (Lipinski definition) is 3. The largest absolute Gasteiger partial charge is 0.342 e. The van der Waals surface area contributed by atoms with Crippen LogP contribution in [0.3, 0.4) is 0 Å². The molecule has 2 atom stereocenters. The molecule has 2 aromatic rings. The summed E-state index contributed by atoms with van der Waals surface area (Å²) in [7, 11) is 0. The van der Waals surface area contributed by atoms with Crippen LogP contribution in [-0.2, 0) is 16.0 Å². The molecule has 7 heteroatoms. The number of halogens is 2. The number of carbonyl (C=O) groups excluding carboxylic acids is 2. The normalized spacial score (nSPS) is 24.3. The van der Waals surface area contributed by atoms with Crippen molar-refractivity contribution in [2.75, 3.05) is 13.1 Å². The van der Waals surface area contributed by atoms with Gasteiger partial charge >= 0.3 is 0 Å². The van der Waals surface area contributed by atoms with Crippen LogP contribution in [0.25, 0.3) is 0 Å². The Kier molecular flexibility index (Phi) is 5.24. The summed E-state index contributed by atoms with van der Waals surface area (Å²) in [5.74, 6) is -1.07. The SMILES string of the molecule is CCc1ccc(F)cc1C(=O)N1CCC2(CC1)OC1CCC(c3ccccc3F)N1C2=O. The van der Waals surface area contributed by atoms with Gasteiger partial charge in [-0.25, -0.2) is 8.78 Å². The van der Waals surface area contributed by atoms with Crippen LogP contribution in [0.1, 0.15) is 60.1 Å². The Bertz CT molecular complexity index is 1060. The highest BCUT2D eigenvalue weighted by atomic mass is 19.1. The number of fused-ring (bicyclic) bond motifs is 1. The van der Waals surface area contributed by atoms with E-state index in [1.807, 2.05) is 6.92 Å². The molecule has 5 nitrogen and oxygen atoms in total. The van der Waals surface area contributed by atoms with Crippen molar-refractivity contribution in [3.05, 3.63) is 70.8 Å². The number of likely N-dealkylation sites (tertiary alicyclic amines) is 1. The lowest BCUT2D eigenvalue weighted by Gasteiger charge is -2.37. The molecule has 0 bridgehead atoms. The number of aryl methyl sites for hydroxylation is 1. The lowest BCUT2D eigenvalue weighted by atomic mass is 9.89. The van der Waals surface area contributed by atoms with Crippen LogP contribution in [0.2, 0.25) is 0 Å². The van der Waals surface area contributed by atoms with Crippen molar-refractivity contribution >= 4 is 11.8 Å². The molecule has 2 aromatic carbocycles. The van der Waals surface area contributed by atoms with Crippen molar-refractivity contribution in [2.24, 2.45) is 0 Å². The summed E-state index contributed by atoms with van der Waals surface area (Å²) in [4.78, 5) is 29.9. The summed E-state index contributed by atoms with van der Waals surface area (Å²) in [6, 6.07) is 10.5. The summed E-state index contributed by atoms with van der Waals surface area (Å²) >= 11 is 0. The first kappa shape index (κ1) is 21.1. The fourth-order valence-electron chi connectivity index (χ4n) is 5.39. The van der Waals surface area contributed by atoms with Crippen LogP contribution in [0.5, 0.6) is 0 Å². The molecule has 1 spiro atoms. The van der Waals surface area contributed by atoms with Gasteiger partial charge in [0.05, 0.1) is 6.04 Å². The Morgan fingerprint density at radius 2 is 1.88 bits per heavy atom. The molecule has 5 rings (SSSR count). The third-order valence-electron chi connectivity index (χ3n) is 7.12. The standard InChI is InChI=1S/C25H26F2N2O3/c1-2-16-7-8-17(26)15-19(16)23(30)28-13-11-25(12-14-28)24(31)29-21(9-10-22(29)32-25)18-5-3-4-6-20(18)27/h3-8,15,21-22H,2,9-14H2,1H3. The van der Waals surface area contributed by atoms with Crippen LogP contribution in [0, 0.1) is 11.6 Å². The molecule has 0 saturated carbocycles. The van der Waals surface area contributed by atoms with E-state index in [0.29, 0.717) is 56.3 Å². The quantitative estimate of drug-likeness (QED) is 0.718. The van der Waals surface area contributed by atoms with Crippen LogP contribution >= 0.6 is 0 Å². The third-order valence-corrected chi connectivity index (χ3v) is 7.12. The van der Waals surface area contributed by atoms with Crippen molar-refractivity contribution in [3.8, 4) is 0 Å². The Morgan fingerprint density at radius 1 is 1.12 bits per heavy atom. The second-order valence-electron chi connectivity index (χ2n) is 8.84. The van der Waals surface area contributed by atoms with E-state index in [-0.39, 0.29) is 29.9 Å². The molecule has 168 valence electrons. The maximum atomic E-state index is 14.4. The van der Waals surface area contributed by atoms with Gasteiger partial charge < -0.3 is 14.5 Å². The molecule has 0 aromatic heterocycles. The molecular weight excluding hydrogens is 414 g/mol. The number of nitrogens with zero attached hydrogens (tertiary/aromatic N) is 2. The number of hydrogen-bond donors (Lipinski definition) is 0. The molecule has 2 unspecified atom stereocenters. The van der Waals surface area contributed by atoms with E-state index in [0.717, 1.165) is 5.56 Å². The summed E-state index contributed by atoms with van der Waals surface area (Å²) in [6.45, 7) is 2.64. The van der Waals surface area contributed by atoms with E-state index in [2.05, 4.69) is 0 Å². The Morgan fingerprint density at radius 3 is 2.59 bits per heavy atom. The van der Waals surface area contributed by atoms with Crippen molar-refractivity contribution in [1.29, 1.82) is 0 Å². The van der Waals surface area contributed by atoms with E-state index < -0.39 is 11.4 Å². The molecule has 0 N–H and O–H groups in total. The Balaban J connectivity index is 1.32. The molecule has 3 aliphatic rings. The highest BCUT2D eigenvalue weighted by Crippen LogP contribution is 2.48. The molecule has 0 aliphatic carbocycles. The van der Waals surface area contributed by atoms with E-state index in [1.54, 1.807) is 34.1 Å². The monoisotopic (exact) mass is 440 g/mol. The van der Waals surface area contributed by atoms with E-state index in [1.165, 1.54) is 18.2 Å². The number of piperidine rings is 1. The topological polar surface area (TPSA) is 49.9 Å². The van der Waals surface area contributed by atoms with Gasteiger partial charge in [-0.05, 0) is 43.0 Å². The number of ether oxygens (including phenoxy) is 1. The number of amides is 2. The first-order chi connectivity index (χ1) is 15.4. The van der Waals surface area contributed by atoms with Gasteiger partial charge in [-0.2, -0.15) is 0 Å². The summed E-state index contributed by atoms with van der Waals surface area (Å²) in [6.07, 6.45) is 2.37. The van der Waals surface area contributed by atoms with Gasteiger partial charge in [0.1, 0.15) is 17.9 Å². The van der Waals surface area contributed by atoms with E-state index in [4.69, 9.17) is 4.74 Å². The number of rotatable bonds is 3. The van der Waals surface area contributed by atoms with E-state index >= 15 is 0 Å². The maximum absolute atomic E-state index is 14.4. The summed E-state index contributed by atoms with van der Waals surface area (Å²) < 4.78 is 34.4. The van der Waals surface area contributed by atoms with Gasteiger partial charge in [0, 0.05) is 37.1 Å². The minimum atomic E-state index is -0.971. The zero-order valence-electron chi connectivity index (χ0n) is 18.0. The van der Waals surface area contributed by atoms with Gasteiger partial charge in [0.2, 0.25) is 0 Å². The van der Waals surface area contributed by atoms with Crippen molar-refractivity contribution in [1.82, 2.24) is 9.80 Å². The highest BCUT2D eigenvalue weighted by Gasteiger charge is 2.58. The summed E-state index contributed by atoms with van der Waals surface area (Å²) in [5.41, 5.74) is 0.733. The minimum absolute atomic E-state index is 0.111. The first-order valence-corrected chi connectivity index (χ1v) is 11.3. The van der Waals surface area contributed by atoms with Crippen LogP contribution in [-0.4, -0.2) is 46.5 Å². The van der Waals surface area contributed by atoms with Crippen molar-refractivity contribution < 1.29 is 23.1 Å². The molecule has 2 amide bonds. The third kappa shape index (κ3) is 3.30. The maximum Gasteiger partial charge on any atom is 0.257 e. The minimum Gasteiger partial charge on any atom is -0.342 e. The average molecular weight is 440 g/mol. The molecule has 3 saturated heterocycles. The predicted octanol–water partition coefficient (Wildman–Crippen LogP) is 4.22. The molecule has 3 fully saturated rings. The van der Waals surface area contributed by atoms with Crippen molar-refractivity contribution in [3.63, 3.8) is 0 Å². The van der Waals surface area contributed by atoms with Crippen LogP contribution in [0.4, 0.5) is 8.78 Å². The van der Waals surface area contributed by atoms with Crippen LogP contribution < -0.4 is 0 Å². The molecular formula is C25H26F2N2O3. The van der Waals surface area contributed by atoms with Gasteiger partial charge in [-0.15, -0.1) is 0 Å². The fourth-order valence-corrected chi connectivity index (χ4v) is 5.39. The van der Waals surface area contributed by atoms with Crippen molar-refractivity contribution in [2.45, 2.75) is 56.9 Å². The van der Waals surface area contributed by atoms with Gasteiger partial charge in [0.15, 0.2) is 5.60 Å². The van der Waals surface area contributed by atoms with Gasteiger partial charge in [-0.3, -0.25) is 9.59 Å². The molecule has 3 heterocycles. The van der Waals surface area contributed by atoms with Gasteiger partial charge in [0.25, 0.3) is 11.8 Å². The lowest BCUT2D eigenvalue weighted by molar-refractivity contribution is -0.142. The zero-order chi connectivity index (χ0) is 22.5. The van der Waals surface area contributed by atoms with Crippen LogP contribution in [0.15, 0.2) is 42.5 Å². The highest BCUT2D eigenvalue weighted by molar-refractivity contribution is 5.96. The second kappa shape index (κ2) is 7.96. The summed E-state index contributed by atoms with van der Waals surface area (Å²) in [5, 5.41) is 0. The zero-order valence-corrected chi connectivity index (χ0v) is 18.0. The number of benzene rings is 2. The Hall–Kier alpha value is -2.80.